The number of likely N-dealkylation sites (tertiary alicyclic amines) is 1. The van der Waals surface area contributed by atoms with E-state index in [1.54, 1.807) is 18.2 Å². The predicted molar refractivity (Wildman–Crippen MR) is 79.7 cm³/mol. The van der Waals surface area contributed by atoms with Crippen LogP contribution < -0.4 is 0 Å². The number of allylic oxidation sites excluding steroid dienone is 2. The summed E-state index contributed by atoms with van der Waals surface area (Å²) in [6.45, 7) is 0.236. The molecule has 4 rings (SSSR count). The van der Waals surface area contributed by atoms with Crippen molar-refractivity contribution in [3.05, 3.63) is 46.0 Å². The van der Waals surface area contributed by atoms with Crippen molar-refractivity contribution in [3.63, 3.8) is 0 Å². The molecule has 1 heterocycles. The van der Waals surface area contributed by atoms with Gasteiger partial charge in [0.1, 0.15) is 0 Å². The van der Waals surface area contributed by atoms with Crippen LogP contribution in [0.1, 0.15) is 12.0 Å². The van der Waals surface area contributed by atoms with Gasteiger partial charge >= 0.3 is 0 Å². The van der Waals surface area contributed by atoms with Gasteiger partial charge in [-0.05, 0) is 36.0 Å². The fourth-order valence-electron chi connectivity index (χ4n) is 3.94. The summed E-state index contributed by atoms with van der Waals surface area (Å²) in [5.41, 5.74) is 0.753. The second-order valence-electron chi connectivity index (χ2n) is 6.00. The molecule has 1 aliphatic heterocycles. The number of hydrogen-bond acceptors (Lipinski definition) is 2. The lowest BCUT2D eigenvalue weighted by molar-refractivity contribution is -0.141. The van der Waals surface area contributed by atoms with Gasteiger partial charge in [-0.15, -0.1) is 0 Å². The summed E-state index contributed by atoms with van der Waals surface area (Å²) in [6.07, 6.45) is 5.13. The number of halogens is 2. The van der Waals surface area contributed by atoms with Gasteiger partial charge in [0.05, 0.1) is 18.4 Å². The van der Waals surface area contributed by atoms with Crippen molar-refractivity contribution in [1.29, 1.82) is 0 Å². The summed E-state index contributed by atoms with van der Waals surface area (Å²) in [6, 6.07) is 5.13. The van der Waals surface area contributed by atoms with Crippen molar-refractivity contribution >= 4 is 35.0 Å². The van der Waals surface area contributed by atoms with Gasteiger partial charge in [0.2, 0.25) is 11.8 Å². The topological polar surface area (TPSA) is 37.4 Å². The lowest BCUT2D eigenvalue weighted by Crippen LogP contribution is -2.32. The highest BCUT2D eigenvalue weighted by molar-refractivity contribution is 6.35. The fraction of sp³-hybridized carbons (Fsp3) is 0.375. The third-order valence-corrected chi connectivity index (χ3v) is 5.49. The summed E-state index contributed by atoms with van der Waals surface area (Å²) in [7, 11) is 0. The van der Waals surface area contributed by atoms with Crippen LogP contribution in [0.3, 0.4) is 0 Å². The molecule has 4 atom stereocenters. The van der Waals surface area contributed by atoms with E-state index in [9.17, 15) is 9.59 Å². The zero-order valence-electron chi connectivity index (χ0n) is 11.1. The van der Waals surface area contributed by atoms with Crippen molar-refractivity contribution < 1.29 is 9.59 Å². The average molecular weight is 322 g/mol. The number of nitrogens with zero attached hydrogens (tertiary/aromatic N) is 1. The first-order valence-corrected chi connectivity index (χ1v) is 7.79. The molecule has 21 heavy (non-hydrogen) atoms. The molecule has 3 aliphatic rings. The number of imide groups is 1. The Bertz CT molecular complexity index is 655. The number of carbonyl (C=O) groups is 2. The molecule has 2 aliphatic carbocycles. The Balaban J connectivity index is 1.62. The van der Waals surface area contributed by atoms with Gasteiger partial charge < -0.3 is 0 Å². The SMILES string of the molecule is O=C1[C@@H]2[C@H](C(=O)N1Cc1ccc(Cl)cc1Cl)[C@H]1C=C[C@H]2C1. The van der Waals surface area contributed by atoms with Gasteiger partial charge in [-0.1, -0.05) is 41.4 Å². The van der Waals surface area contributed by atoms with Crippen LogP contribution in [0, 0.1) is 23.7 Å². The first kappa shape index (κ1) is 13.4. The molecule has 2 amide bonds. The lowest BCUT2D eigenvalue weighted by atomic mass is 9.85. The van der Waals surface area contributed by atoms with E-state index in [1.165, 1.54) is 4.90 Å². The quantitative estimate of drug-likeness (QED) is 0.619. The highest BCUT2D eigenvalue weighted by Crippen LogP contribution is 2.52. The monoisotopic (exact) mass is 321 g/mol. The Morgan fingerprint density at radius 2 is 1.67 bits per heavy atom. The van der Waals surface area contributed by atoms with Gasteiger partial charge in [-0.25, -0.2) is 0 Å². The molecule has 1 aromatic rings. The molecular formula is C16H13Cl2NO2. The van der Waals surface area contributed by atoms with E-state index in [0.29, 0.717) is 10.0 Å². The third kappa shape index (κ3) is 1.87. The third-order valence-electron chi connectivity index (χ3n) is 4.91. The predicted octanol–water partition coefficient (Wildman–Crippen LogP) is 3.30. The van der Waals surface area contributed by atoms with Crippen LogP contribution in [-0.4, -0.2) is 16.7 Å². The Hall–Kier alpha value is -1.32. The number of fused-ring (bicyclic) bond motifs is 5. The van der Waals surface area contributed by atoms with E-state index in [0.717, 1.165) is 12.0 Å². The number of carbonyl (C=O) groups excluding carboxylic acids is 2. The molecule has 5 heteroatoms. The summed E-state index contributed by atoms with van der Waals surface area (Å²) < 4.78 is 0. The zero-order chi connectivity index (χ0) is 14.7. The first-order chi connectivity index (χ1) is 10.1. The molecule has 3 nitrogen and oxygen atoms in total. The van der Waals surface area contributed by atoms with Crippen molar-refractivity contribution in [2.75, 3.05) is 0 Å². The minimum absolute atomic E-state index is 0.0483. The summed E-state index contributed by atoms with van der Waals surface area (Å²) in [4.78, 5) is 26.5. The Morgan fingerprint density at radius 3 is 2.24 bits per heavy atom. The van der Waals surface area contributed by atoms with Gasteiger partial charge in [-0.3, -0.25) is 14.5 Å². The number of amides is 2. The molecule has 1 aromatic carbocycles. The summed E-state index contributed by atoms with van der Waals surface area (Å²) >= 11 is 12.0. The molecule has 0 unspecified atom stereocenters. The fourth-order valence-corrected chi connectivity index (χ4v) is 4.41. The minimum atomic E-state index is -0.154. The van der Waals surface area contributed by atoms with E-state index >= 15 is 0 Å². The largest absolute Gasteiger partial charge is 0.278 e. The standard InChI is InChI=1S/C16H13Cl2NO2/c17-11-4-3-10(12(18)6-11)7-19-15(20)13-8-1-2-9(5-8)14(13)16(19)21/h1-4,6,8-9,13-14H,5,7H2/t8-,9-,13-,14+/m0/s1. The van der Waals surface area contributed by atoms with Gasteiger partial charge in [0, 0.05) is 10.0 Å². The Kier molecular flexibility index (Phi) is 2.92. The molecule has 0 aromatic heterocycles. The number of hydrogen-bond donors (Lipinski definition) is 0. The molecule has 0 spiro atoms. The van der Waals surface area contributed by atoms with E-state index < -0.39 is 0 Å². The molecule has 1 saturated heterocycles. The minimum Gasteiger partial charge on any atom is -0.278 e. The highest BCUT2D eigenvalue weighted by Gasteiger charge is 2.59. The Labute approximate surface area is 132 Å². The van der Waals surface area contributed by atoms with Crippen molar-refractivity contribution in [3.8, 4) is 0 Å². The zero-order valence-corrected chi connectivity index (χ0v) is 12.6. The van der Waals surface area contributed by atoms with Crippen LogP contribution in [0.5, 0.6) is 0 Å². The summed E-state index contributed by atoms with van der Waals surface area (Å²) in [5.74, 6) is 0.0714. The first-order valence-electron chi connectivity index (χ1n) is 7.04. The smallest absolute Gasteiger partial charge is 0.234 e. The number of rotatable bonds is 2. The normalized spacial score (nSPS) is 33.1. The van der Waals surface area contributed by atoms with Crippen LogP contribution in [0.4, 0.5) is 0 Å². The van der Waals surface area contributed by atoms with Crippen molar-refractivity contribution in [1.82, 2.24) is 4.90 Å². The maximum atomic E-state index is 12.6. The Morgan fingerprint density at radius 1 is 1.05 bits per heavy atom. The highest BCUT2D eigenvalue weighted by atomic mass is 35.5. The molecule has 2 bridgehead atoms. The second-order valence-corrected chi connectivity index (χ2v) is 6.84. The summed E-state index contributed by atoms with van der Waals surface area (Å²) in [5, 5.41) is 1.03. The van der Waals surface area contributed by atoms with Crippen LogP contribution in [0.25, 0.3) is 0 Å². The van der Waals surface area contributed by atoms with Gasteiger partial charge in [0.15, 0.2) is 0 Å². The van der Waals surface area contributed by atoms with E-state index in [-0.39, 0.29) is 42.0 Å². The van der Waals surface area contributed by atoms with E-state index in [4.69, 9.17) is 23.2 Å². The van der Waals surface area contributed by atoms with Crippen LogP contribution >= 0.6 is 23.2 Å². The van der Waals surface area contributed by atoms with Crippen LogP contribution in [0.15, 0.2) is 30.4 Å². The van der Waals surface area contributed by atoms with Crippen molar-refractivity contribution in [2.45, 2.75) is 13.0 Å². The molecule has 2 fully saturated rings. The molecular weight excluding hydrogens is 309 g/mol. The van der Waals surface area contributed by atoms with Gasteiger partial charge in [0.25, 0.3) is 0 Å². The molecule has 108 valence electrons. The van der Waals surface area contributed by atoms with Gasteiger partial charge in [-0.2, -0.15) is 0 Å². The molecule has 0 N–H and O–H groups in total. The average Bonchev–Trinajstić information content (AvgIpc) is 3.10. The number of benzene rings is 1. The van der Waals surface area contributed by atoms with Crippen LogP contribution in [0.2, 0.25) is 10.0 Å². The van der Waals surface area contributed by atoms with Crippen LogP contribution in [-0.2, 0) is 16.1 Å². The van der Waals surface area contributed by atoms with E-state index in [2.05, 4.69) is 12.2 Å². The second kappa shape index (κ2) is 4.59. The van der Waals surface area contributed by atoms with E-state index in [1.807, 2.05) is 0 Å². The lowest BCUT2D eigenvalue weighted by Gasteiger charge is -2.18. The maximum absolute atomic E-state index is 12.6. The maximum Gasteiger partial charge on any atom is 0.234 e. The molecule has 0 radical (unpaired) electrons. The van der Waals surface area contributed by atoms with Crippen molar-refractivity contribution in [2.24, 2.45) is 23.7 Å². The molecule has 1 saturated carbocycles.